The lowest BCUT2D eigenvalue weighted by atomic mass is 10.1. The fraction of sp³-hybridized carbons (Fsp3) is 0.526. The highest BCUT2D eigenvalue weighted by atomic mass is 32.2. The highest BCUT2D eigenvalue weighted by molar-refractivity contribution is 7.89. The van der Waals surface area contributed by atoms with Crippen molar-refractivity contribution in [3.8, 4) is 0 Å². The van der Waals surface area contributed by atoms with Crippen LogP contribution < -0.4 is 5.32 Å². The fourth-order valence-corrected chi connectivity index (χ4v) is 3.94. The van der Waals surface area contributed by atoms with E-state index < -0.39 is 21.5 Å². The van der Waals surface area contributed by atoms with Crippen LogP contribution in [0.25, 0.3) is 11.0 Å². The molecule has 0 spiro atoms. The third kappa shape index (κ3) is 4.76. The predicted octanol–water partition coefficient (Wildman–Crippen LogP) is 1.31. The van der Waals surface area contributed by atoms with Crippen molar-refractivity contribution in [3.63, 3.8) is 0 Å². The number of aryl methyl sites for hydroxylation is 2. The molecule has 0 fully saturated rings. The summed E-state index contributed by atoms with van der Waals surface area (Å²) in [5.41, 5.74) is 0.238. The summed E-state index contributed by atoms with van der Waals surface area (Å²) in [7, 11) is 0.662. The van der Waals surface area contributed by atoms with Crippen molar-refractivity contribution in [2.75, 3.05) is 21.2 Å². The lowest BCUT2D eigenvalue weighted by molar-refractivity contribution is -0.149. The maximum absolute atomic E-state index is 12.4. The number of imidazole rings is 1. The van der Waals surface area contributed by atoms with E-state index in [9.17, 15) is 18.0 Å². The number of esters is 1. The smallest absolute Gasteiger partial charge is 0.330 e. The van der Waals surface area contributed by atoms with Gasteiger partial charge in [0.2, 0.25) is 15.9 Å². The number of carbonyl (C=O) groups excluding carboxylic acids is 2. The second-order valence-electron chi connectivity index (χ2n) is 7.37. The molecule has 0 radical (unpaired) electrons. The van der Waals surface area contributed by atoms with Gasteiger partial charge in [0.05, 0.1) is 23.0 Å². The Morgan fingerprint density at radius 1 is 1.28 bits per heavy atom. The molecule has 2 aromatic rings. The molecule has 0 aliphatic carbocycles. The Morgan fingerprint density at radius 2 is 1.93 bits per heavy atom. The Hall–Kier alpha value is -2.46. The molecule has 0 bridgehead atoms. The SMILES string of the molecule is CCn1c(CCC(=O)NC(C)(C)C(=O)OC)nc2cc(S(=O)(=O)N(C)C)ccc21. The molecule has 160 valence electrons. The summed E-state index contributed by atoms with van der Waals surface area (Å²) in [6, 6.07) is 4.83. The van der Waals surface area contributed by atoms with Crippen LogP contribution in [0.5, 0.6) is 0 Å². The number of rotatable bonds is 8. The molecule has 29 heavy (non-hydrogen) atoms. The third-order valence-electron chi connectivity index (χ3n) is 4.62. The lowest BCUT2D eigenvalue weighted by Crippen LogP contribution is -2.50. The summed E-state index contributed by atoms with van der Waals surface area (Å²) < 4.78 is 32.5. The number of amides is 1. The number of ether oxygens (including phenoxy) is 1. The zero-order valence-corrected chi connectivity index (χ0v) is 18.5. The van der Waals surface area contributed by atoms with Gasteiger partial charge in [-0.15, -0.1) is 0 Å². The first-order valence-electron chi connectivity index (χ1n) is 9.25. The maximum Gasteiger partial charge on any atom is 0.330 e. The first-order chi connectivity index (χ1) is 13.4. The number of nitrogens with one attached hydrogen (secondary N) is 1. The van der Waals surface area contributed by atoms with Crippen LogP contribution in [-0.4, -0.2) is 60.9 Å². The molecule has 10 heteroatoms. The second-order valence-corrected chi connectivity index (χ2v) is 9.53. The molecule has 0 aliphatic rings. The van der Waals surface area contributed by atoms with Crippen molar-refractivity contribution < 1.29 is 22.7 Å². The first-order valence-corrected chi connectivity index (χ1v) is 10.7. The van der Waals surface area contributed by atoms with Gasteiger partial charge < -0.3 is 14.6 Å². The van der Waals surface area contributed by atoms with Gasteiger partial charge in [0.25, 0.3) is 0 Å². The van der Waals surface area contributed by atoms with Gasteiger partial charge in [-0.3, -0.25) is 4.79 Å². The fourth-order valence-electron chi connectivity index (χ4n) is 3.02. The van der Waals surface area contributed by atoms with Gasteiger partial charge in [-0.05, 0) is 39.0 Å². The van der Waals surface area contributed by atoms with E-state index in [1.165, 1.54) is 21.2 Å². The van der Waals surface area contributed by atoms with Gasteiger partial charge >= 0.3 is 5.97 Å². The van der Waals surface area contributed by atoms with Crippen molar-refractivity contribution in [1.29, 1.82) is 0 Å². The normalized spacial score (nSPS) is 12.4. The van der Waals surface area contributed by atoms with Crippen LogP contribution in [0.1, 0.15) is 33.0 Å². The van der Waals surface area contributed by atoms with Gasteiger partial charge in [-0.2, -0.15) is 0 Å². The average Bonchev–Trinajstić information content (AvgIpc) is 3.01. The third-order valence-corrected chi connectivity index (χ3v) is 6.43. The molecule has 0 aliphatic heterocycles. The summed E-state index contributed by atoms with van der Waals surface area (Å²) in [5.74, 6) is -0.153. The molecule has 9 nitrogen and oxygen atoms in total. The first kappa shape index (κ1) is 22.8. The predicted molar refractivity (Wildman–Crippen MR) is 109 cm³/mol. The molecule has 0 atom stereocenters. The van der Waals surface area contributed by atoms with Crippen LogP contribution in [0.15, 0.2) is 23.1 Å². The minimum Gasteiger partial charge on any atom is -0.467 e. The molecule has 0 saturated carbocycles. The summed E-state index contributed by atoms with van der Waals surface area (Å²) in [6.45, 7) is 5.73. The number of methoxy groups -OCH3 is 1. The highest BCUT2D eigenvalue weighted by Crippen LogP contribution is 2.22. The van der Waals surface area contributed by atoms with Gasteiger partial charge in [0, 0.05) is 33.5 Å². The van der Waals surface area contributed by atoms with Crippen molar-refractivity contribution in [3.05, 3.63) is 24.0 Å². The number of sulfonamides is 1. The molecule has 0 unspecified atom stereocenters. The van der Waals surface area contributed by atoms with E-state index in [0.29, 0.717) is 24.3 Å². The molecule has 1 amide bonds. The topological polar surface area (TPSA) is 111 Å². The Morgan fingerprint density at radius 3 is 2.48 bits per heavy atom. The standard InChI is InChI=1S/C19H28N4O5S/c1-7-23-15-9-8-13(29(26,27)22(4)5)12-14(15)20-16(23)10-11-17(24)21-19(2,3)18(25)28-6/h8-9,12H,7,10-11H2,1-6H3,(H,21,24). The van der Waals surface area contributed by atoms with Gasteiger partial charge in [0.15, 0.2) is 0 Å². The van der Waals surface area contributed by atoms with E-state index >= 15 is 0 Å². The molecule has 1 aromatic carbocycles. The van der Waals surface area contributed by atoms with Gasteiger partial charge in [0.1, 0.15) is 11.4 Å². The highest BCUT2D eigenvalue weighted by Gasteiger charge is 2.30. The second kappa shape index (κ2) is 8.50. The van der Waals surface area contributed by atoms with Crippen molar-refractivity contribution in [1.82, 2.24) is 19.2 Å². The Balaban J connectivity index is 2.25. The molecule has 1 heterocycles. The molecule has 1 aromatic heterocycles. The van der Waals surface area contributed by atoms with Crippen LogP contribution in [0.3, 0.4) is 0 Å². The summed E-state index contributed by atoms with van der Waals surface area (Å²) >= 11 is 0. The number of carbonyl (C=O) groups is 2. The van der Waals surface area contributed by atoms with E-state index in [2.05, 4.69) is 15.0 Å². The summed E-state index contributed by atoms with van der Waals surface area (Å²) in [5, 5.41) is 2.65. The van der Waals surface area contributed by atoms with Gasteiger partial charge in [-0.25, -0.2) is 22.5 Å². The Kier molecular flexibility index (Phi) is 6.69. The van der Waals surface area contributed by atoms with Crippen LogP contribution in [0.4, 0.5) is 0 Å². The zero-order chi connectivity index (χ0) is 22.0. The van der Waals surface area contributed by atoms with Crippen LogP contribution in [0, 0.1) is 0 Å². The maximum atomic E-state index is 12.4. The largest absolute Gasteiger partial charge is 0.467 e. The number of aromatic nitrogens is 2. The monoisotopic (exact) mass is 424 g/mol. The van der Waals surface area contributed by atoms with Crippen molar-refractivity contribution >= 4 is 32.9 Å². The molecular weight excluding hydrogens is 396 g/mol. The molecule has 0 saturated heterocycles. The van der Waals surface area contributed by atoms with Crippen molar-refractivity contribution in [2.45, 2.75) is 50.6 Å². The van der Waals surface area contributed by atoms with E-state index in [1.54, 1.807) is 32.0 Å². The Bertz CT molecular complexity index is 1020. The number of benzene rings is 1. The summed E-state index contributed by atoms with van der Waals surface area (Å²) in [4.78, 5) is 28.7. The van der Waals surface area contributed by atoms with Gasteiger partial charge in [-0.1, -0.05) is 0 Å². The molecule has 1 N–H and O–H groups in total. The minimum absolute atomic E-state index is 0.132. The number of hydrogen-bond acceptors (Lipinski definition) is 6. The molecule has 2 rings (SSSR count). The van der Waals surface area contributed by atoms with E-state index in [-0.39, 0.29) is 17.2 Å². The lowest BCUT2D eigenvalue weighted by Gasteiger charge is -2.23. The minimum atomic E-state index is -3.56. The van der Waals surface area contributed by atoms with Crippen LogP contribution in [-0.2, 0) is 37.3 Å². The van der Waals surface area contributed by atoms with Crippen LogP contribution in [0.2, 0.25) is 0 Å². The van der Waals surface area contributed by atoms with Crippen LogP contribution >= 0.6 is 0 Å². The summed E-state index contributed by atoms with van der Waals surface area (Å²) in [6.07, 6.45) is 0.480. The average molecular weight is 425 g/mol. The quantitative estimate of drug-likeness (QED) is 0.640. The number of hydrogen-bond donors (Lipinski definition) is 1. The number of fused-ring (bicyclic) bond motifs is 1. The molecular formula is C19H28N4O5S. The van der Waals surface area contributed by atoms with E-state index in [4.69, 9.17) is 0 Å². The van der Waals surface area contributed by atoms with Crippen molar-refractivity contribution in [2.24, 2.45) is 0 Å². The van der Waals surface area contributed by atoms with E-state index in [0.717, 1.165) is 9.82 Å². The Labute approximate surface area is 171 Å². The number of nitrogens with zero attached hydrogens (tertiary/aromatic N) is 3. The zero-order valence-electron chi connectivity index (χ0n) is 17.6. The van der Waals surface area contributed by atoms with E-state index in [1.807, 2.05) is 11.5 Å².